The Morgan fingerprint density at radius 2 is 1.76 bits per heavy atom. The van der Waals surface area contributed by atoms with Crippen LogP contribution in [-0.2, 0) is 13.2 Å². The van der Waals surface area contributed by atoms with Crippen LogP contribution in [0.2, 0.25) is 0 Å². The Hall–Kier alpha value is -1.72. The molecule has 0 radical (unpaired) electrons. The summed E-state index contributed by atoms with van der Waals surface area (Å²) < 4.78 is 12.1. The maximum Gasteiger partial charge on any atom is 0.175 e. The molecule has 2 rings (SSSR count). The van der Waals surface area contributed by atoms with E-state index in [2.05, 4.69) is 15.9 Å². The van der Waals surface area contributed by atoms with Crippen LogP contribution in [0.1, 0.15) is 18.1 Å². The van der Waals surface area contributed by atoms with E-state index in [-0.39, 0.29) is 12.4 Å². The van der Waals surface area contributed by atoms with Gasteiger partial charge in [-0.1, -0.05) is 12.1 Å². The molecular formula is C16H17BrO4. The van der Waals surface area contributed by atoms with Crippen molar-refractivity contribution in [1.82, 2.24) is 0 Å². The van der Waals surface area contributed by atoms with E-state index in [9.17, 15) is 10.2 Å². The van der Waals surface area contributed by atoms with Gasteiger partial charge in [0.1, 0.15) is 12.4 Å². The van der Waals surface area contributed by atoms with Gasteiger partial charge in [-0.15, -0.1) is 0 Å². The molecule has 21 heavy (non-hydrogen) atoms. The summed E-state index contributed by atoms with van der Waals surface area (Å²) >= 11 is 3.44. The van der Waals surface area contributed by atoms with Crippen molar-refractivity contribution in [3.05, 3.63) is 52.0 Å². The quantitative estimate of drug-likeness (QED) is 0.833. The van der Waals surface area contributed by atoms with E-state index < -0.39 is 0 Å². The minimum atomic E-state index is -0.0586. The molecule has 0 amide bonds. The van der Waals surface area contributed by atoms with E-state index in [1.807, 2.05) is 6.92 Å². The number of phenolic OH excluding ortho intramolecular Hbond substituents is 1. The van der Waals surface area contributed by atoms with E-state index >= 15 is 0 Å². The highest BCUT2D eigenvalue weighted by molar-refractivity contribution is 9.10. The second kappa shape index (κ2) is 7.33. The minimum Gasteiger partial charge on any atom is -0.508 e. The van der Waals surface area contributed by atoms with Crippen molar-refractivity contribution in [3.63, 3.8) is 0 Å². The van der Waals surface area contributed by atoms with Crippen LogP contribution in [-0.4, -0.2) is 16.8 Å². The molecule has 5 heteroatoms. The van der Waals surface area contributed by atoms with Crippen molar-refractivity contribution < 1.29 is 19.7 Å². The predicted octanol–water partition coefficient (Wildman–Crippen LogP) is 3.62. The molecule has 0 saturated heterocycles. The standard InChI is InChI=1S/C16H17BrO4/c1-2-20-15-8-12(9-18)7-14(17)16(15)21-10-11-3-5-13(19)6-4-11/h3-8,18-19H,2,9-10H2,1H3. The molecule has 0 fully saturated rings. The van der Waals surface area contributed by atoms with Gasteiger partial charge in [-0.3, -0.25) is 0 Å². The summed E-state index contributed by atoms with van der Waals surface area (Å²) in [6, 6.07) is 10.4. The van der Waals surface area contributed by atoms with Crippen molar-refractivity contribution in [3.8, 4) is 17.2 Å². The monoisotopic (exact) mass is 352 g/mol. The fourth-order valence-electron chi connectivity index (χ4n) is 1.86. The number of halogens is 1. The Labute approximate surface area is 132 Å². The van der Waals surface area contributed by atoms with Gasteiger partial charge in [0.2, 0.25) is 0 Å². The molecule has 0 aliphatic carbocycles. The lowest BCUT2D eigenvalue weighted by molar-refractivity contribution is 0.262. The Morgan fingerprint density at radius 1 is 1.05 bits per heavy atom. The SMILES string of the molecule is CCOc1cc(CO)cc(Br)c1OCc1ccc(O)cc1. The summed E-state index contributed by atoms with van der Waals surface area (Å²) in [5, 5.41) is 18.5. The molecule has 0 atom stereocenters. The molecule has 2 aromatic carbocycles. The highest BCUT2D eigenvalue weighted by atomic mass is 79.9. The van der Waals surface area contributed by atoms with Crippen LogP contribution in [0.25, 0.3) is 0 Å². The van der Waals surface area contributed by atoms with Crippen molar-refractivity contribution in [2.24, 2.45) is 0 Å². The summed E-state index contributed by atoms with van der Waals surface area (Å²) in [4.78, 5) is 0. The third-order valence-electron chi connectivity index (χ3n) is 2.87. The van der Waals surface area contributed by atoms with E-state index in [1.54, 1.807) is 36.4 Å². The van der Waals surface area contributed by atoms with Gasteiger partial charge in [0.15, 0.2) is 11.5 Å². The topological polar surface area (TPSA) is 58.9 Å². The first-order chi connectivity index (χ1) is 10.1. The third-order valence-corrected chi connectivity index (χ3v) is 3.46. The average molecular weight is 353 g/mol. The summed E-state index contributed by atoms with van der Waals surface area (Å²) in [6.07, 6.45) is 0. The van der Waals surface area contributed by atoms with Gasteiger partial charge in [-0.25, -0.2) is 0 Å². The molecule has 0 bridgehead atoms. The second-order valence-electron chi connectivity index (χ2n) is 4.45. The van der Waals surface area contributed by atoms with E-state index in [0.29, 0.717) is 24.7 Å². The van der Waals surface area contributed by atoms with Gasteiger partial charge < -0.3 is 19.7 Å². The van der Waals surface area contributed by atoms with Gasteiger partial charge in [-0.2, -0.15) is 0 Å². The molecular weight excluding hydrogens is 336 g/mol. The zero-order valence-corrected chi connectivity index (χ0v) is 13.3. The molecule has 0 heterocycles. The fourth-order valence-corrected chi connectivity index (χ4v) is 2.47. The lowest BCUT2D eigenvalue weighted by atomic mass is 10.2. The zero-order valence-electron chi connectivity index (χ0n) is 11.7. The maximum absolute atomic E-state index is 9.27. The molecule has 0 aromatic heterocycles. The lowest BCUT2D eigenvalue weighted by Gasteiger charge is -2.15. The highest BCUT2D eigenvalue weighted by Gasteiger charge is 2.12. The number of benzene rings is 2. The van der Waals surface area contributed by atoms with Crippen LogP contribution in [0.4, 0.5) is 0 Å². The molecule has 2 N–H and O–H groups in total. The highest BCUT2D eigenvalue weighted by Crippen LogP contribution is 2.37. The molecule has 0 unspecified atom stereocenters. The van der Waals surface area contributed by atoms with Crippen LogP contribution in [0.15, 0.2) is 40.9 Å². The summed E-state index contributed by atoms with van der Waals surface area (Å²) in [7, 11) is 0. The average Bonchev–Trinajstić information content (AvgIpc) is 2.48. The first kappa shape index (κ1) is 15.7. The van der Waals surface area contributed by atoms with E-state index in [1.165, 1.54) is 0 Å². The van der Waals surface area contributed by atoms with Crippen molar-refractivity contribution in [2.45, 2.75) is 20.1 Å². The van der Waals surface area contributed by atoms with Gasteiger partial charge >= 0.3 is 0 Å². The molecule has 112 valence electrons. The lowest BCUT2D eigenvalue weighted by Crippen LogP contribution is -2.01. The van der Waals surface area contributed by atoms with E-state index in [0.717, 1.165) is 15.6 Å². The Kier molecular flexibility index (Phi) is 5.47. The van der Waals surface area contributed by atoms with Gasteiger partial charge in [0.25, 0.3) is 0 Å². The fraction of sp³-hybridized carbons (Fsp3) is 0.250. The minimum absolute atomic E-state index is 0.0586. The van der Waals surface area contributed by atoms with Crippen molar-refractivity contribution in [1.29, 1.82) is 0 Å². The summed E-state index contributed by atoms with van der Waals surface area (Å²) in [5.41, 5.74) is 1.69. The van der Waals surface area contributed by atoms with Crippen molar-refractivity contribution in [2.75, 3.05) is 6.61 Å². The number of rotatable bonds is 6. The van der Waals surface area contributed by atoms with E-state index in [4.69, 9.17) is 9.47 Å². The molecule has 4 nitrogen and oxygen atoms in total. The second-order valence-corrected chi connectivity index (χ2v) is 5.31. The zero-order chi connectivity index (χ0) is 15.2. The van der Waals surface area contributed by atoms with Gasteiger partial charge in [-0.05, 0) is 58.2 Å². The van der Waals surface area contributed by atoms with Gasteiger partial charge in [0.05, 0.1) is 17.7 Å². The summed E-state index contributed by atoms with van der Waals surface area (Å²) in [6.45, 7) is 2.70. The van der Waals surface area contributed by atoms with Crippen LogP contribution in [0.3, 0.4) is 0 Å². The van der Waals surface area contributed by atoms with Crippen LogP contribution in [0.5, 0.6) is 17.2 Å². The number of aliphatic hydroxyl groups excluding tert-OH is 1. The molecule has 0 aliphatic rings. The van der Waals surface area contributed by atoms with Crippen LogP contribution >= 0.6 is 15.9 Å². The number of hydrogen-bond donors (Lipinski definition) is 2. The first-order valence-electron chi connectivity index (χ1n) is 6.60. The smallest absolute Gasteiger partial charge is 0.175 e. The number of hydrogen-bond acceptors (Lipinski definition) is 4. The normalized spacial score (nSPS) is 10.4. The number of aliphatic hydroxyl groups is 1. The molecule has 2 aromatic rings. The largest absolute Gasteiger partial charge is 0.508 e. The third kappa shape index (κ3) is 4.12. The van der Waals surface area contributed by atoms with Crippen LogP contribution < -0.4 is 9.47 Å². The Morgan fingerprint density at radius 3 is 2.38 bits per heavy atom. The van der Waals surface area contributed by atoms with Crippen LogP contribution in [0, 0.1) is 0 Å². The summed E-state index contributed by atoms with van der Waals surface area (Å²) in [5.74, 6) is 1.42. The number of aromatic hydroxyl groups is 1. The number of ether oxygens (including phenoxy) is 2. The maximum atomic E-state index is 9.27. The first-order valence-corrected chi connectivity index (χ1v) is 7.40. The van der Waals surface area contributed by atoms with Crippen molar-refractivity contribution >= 4 is 15.9 Å². The van der Waals surface area contributed by atoms with Gasteiger partial charge in [0, 0.05) is 0 Å². The number of phenols is 1. The molecule has 0 saturated carbocycles. The Balaban J connectivity index is 2.19. The Bertz CT molecular complexity index is 596. The predicted molar refractivity (Wildman–Crippen MR) is 83.7 cm³/mol. The molecule has 0 aliphatic heterocycles. The molecule has 0 spiro atoms.